The summed E-state index contributed by atoms with van der Waals surface area (Å²) in [4.78, 5) is 9.05. The highest BCUT2D eigenvalue weighted by Crippen LogP contribution is 2.42. The van der Waals surface area contributed by atoms with Crippen molar-refractivity contribution in [1.29, 1.82) is 10.8 Å². The third-order valence-corrected chi connectivity index (χ3v) is 9.46. The third-order valence-electron chi connectivity index (χ3n) is 6.80. The number of nitrogens with zero attached hydrogens (tertiary/aromatic N) is 4. The summed E-state index contributed by atoms with van der Waals surface area (Å²) in [7, 11) is 0. The van der Waals surface area contributed by atoms with E-state index in [2.05, 4.69) is 37.7 Å². The minimum Gasteiger partial charge on any atom is -0.441 e. The van der Waals surface area contributed by atoms with Gasteiger partial charge in [0.25, 0.3) is 0 Å². The van der Waals surface area contributed by atoms with Crippen LogP contribution in [-0.2, 0) is 37.4 Å². The molecule has 6 heterocycles. The molecule has 6 rings (SSSR count). The van der Waals surface area contributed by atoms with E-state index in [0.717, 1.165) is 57.8 Å². The Kier molecular flexibility index (Phi) is 4.87. The highest BCUT2D eigenvalue weighted by Gasteiger charge is 2.32. The first-order valence-electron chi connectivity index (χ1n) is 11.5. The Bertz CT molecular complexity index is 1450. The number of aromatic nitrogens is 4. The molecule has 0 saturated carbocycles. The van der Waals surface area contributed by atoms with E-state index < -0.39 is 0 Å². The zero-order valence-electron chi connectivity index (χ0n) is 19.8. The molecule has 0 saturated heterocycles. The maximum Gasteiger partial charge on any atom is 0.231 e. The Hall–Kier alpha value is -2.46. The molecule has 0 spiro atoms. The van der Waals surface area contributed by atoms with Crippen molar-refractivity contribution in [2.24, 2.45) is 0 Å². The van der Waals surface area contributed by atoms with Gasteiger partial charge in [0.05, 0.1) is 22.3 Å². The summed E-state index contributed by atoms with van der Waals surface area (Å²) >= 11 is 3.76. The van der Waals surface area contributed by atoms with Crippen LogP contribution in [0.4, 0.5) is 0 Å². The number of hydrogen-bond acceptors (Lipinski definition) is 8. The molecule has 0 radical (unpaired) electrons. The van der Waals surface area contributed by atoms with Crippen LogP contribution < -0.4 is 11.0 Å². The van der Waals surface area contributed by atoms with E-state index >= 15 is 0 Å². The van der Waals surface area contributed by atoms with Crippen LogP contribution in [0.2, 0.25) is 0 Å². The second kappa shape index (κ2) is 7.52. The van der Waals surface area contributed by atoms with E-state index in [1.807, 2.05) is 32.7 Å². The van der Waals surface area contributed by atoms with Crippen LogP contribution in [0.15, 0.2) is 21.5 Å². The lowest BCUT2D eigenvalue weighted by Crippen LogP contribution is -2.29. The average Bonchev–Trinajstić information content (AvgIpc) is 3.31. The number of fused-ring (bicyclic) bond motifs is 6. The van der Waals surface area contributed by atoms with E-state index in [9.17, 15) is 0 Å². The molecule has 4 aromatic heterocycles. The van der Waals surface area contributed by atoms with Crippen LogP contribution in [0.3, 0.4) is 0 Å². The van der Waals surface area contributed by atoms with E-state index in [1.54, 1.807) is 12.7 Å². The monoisotopic (exact) mass is 496 g/mol. The van der Waals surface area contributed by atoms with Crippen LogP contribution >= 0.6 is 23.5 Å². The van der Waals surface area contributed by atoms with Crippen molar-refractivity contribution < 1.29 is 8.83 Å². The number of aryl methyl sites for hydroxylation is 2. The molecule has 0 aliphatic carbocycles. The molecule has 178 valence electrons. The van der Waals surface area contributed by atoms with Crippen molar-refractivity contribution in [3.8, 4) is 0 Å². The van der Waals surface area contributed by atoms with Gasteiger partial charge in [-0.25, -0.2) is 9.97 Å². The molecule has 34 heavy (non-hydrogen) atoms. The molecule has 0 aromatic carbocycles. The molecule has 0 amide bonds. The van der Waals surface area contributed by atoms with Gasteiger partial charge < -0.3 is 18.0 Å². The summed E-state index contributed by atoms with van der Waals surface area (Å²) in [5.41, 5.74) is 4.16. The van der Waals surface area contributed by atoms with Crippen molar-refractivity contribution in [2.75, 3.05) is 0 Å². The van der Waals surface area contributed by atoms with Crippen LogP contribution in [0.25, 0.3) is 22.2 Å². The highest BCUT2D eigenvalue weighted by atomic mass is 32.2. The molecule has 0 bridgehead atoms. The topological polar surface area (TPSA) is 110 Å². The molecule has 2 N–H and O–H groups in total. The Balaban J connectivity index is 1.35. The van der Waals surface area contributed by atoms with Gasteiger partial charge in [-0.3, -0.25) is 10.8 Å². The minimum atomic E-state index is 0.116. The van der Waals surface area contributed by atoms with Crippen molar-refractivity contribution in [2.45, 2.75) is 74.6 Å². The molecule has 2 aliphatic heterocycles. The quantitative estimate of drug-likeness (QED) is 0.436. The lowest BCUT2D eigenvalue weighted by molar-refractivity contribution is 0.518. The first-order valence-corrected chi connectivity index (χ1v) is 13.5. The number of thioether (sulfide) groups is 2. The minimum absolute atomic E-state index is 0.116. The first kappa shape index (κ1) is 22.0. The molecule has 2 aliphatic rings. The fraction of sp³-hybridized carbons (Fsp3) is 0.500. The van der Waals surface area contributed by atoms with Crippen LogP contribution in [0.5, 0.6) is 0 Å². The van der Waals surface area contributed by atoms with Gasteiger partial charge in [-0.1, -0.05) is 27.7 Å². The molecule has 0 unspecified atom stereocenters. The molecule has 0 fully saturated rings. The summed E-state index contributed by atoms with van der Waals surface area (Å²) in [5, 5.41) is 19.4. The smallest absolute Gasteiger partial charge is 0.231 e. The van der Waals surface area contributed by atoms with E-state index in [1.165, 1.54) is 0 Å². The van der Waals surface area contributed by atoms with Gasteiger partial charge in [0, 0.05) is 33.7 Å². The van der Waals surface area contributed by atoms with E-state index in [4.69, 9.17) is 19.7 Å². The zero-order chi connectivity index (χ0) is 23.8. The van der Waals surface area contributed by atoms with Gasteiger partial charge in [-0.05, 0) is 12.8 Å². The number of hydrogen-bond donors (Lipinski definition) is 2. The van der Waals surface area contributed by atoms with E-state index in [-0.39, 0.29) is 9.49 Å². The summed E-state index contributed by atoms with van der Waals surface area (Å²) in [6, 6.07) is 0. The van der Waals surface area contributed by atoms with E-state index in [0.29, 0.717) is 35.5 Å². The van der Waals surface area contributed by atoms with Crippen LogP contribution in [-0.4, -0.2) is 28.6 Å². The van der Waals surface area contributed by atoms with Gasteiger partial charge in [-0.2, -0.15) is 0 Å². The molecular formula is C24H28N6O2S2. The van der Waals surface area contributed by atoms with Crippen molar-refractivity contribution >= 4 is 45.7 Å². The van der Waals surface area contributed by atoms with Crippen molar-refractivity contribution in [1.82, 2.24) is 19.1 Å². The largest absolute Gasteiger partial charge is 0.441 e. The lowest BCUT2D eigenvalue weighted by Gasteiger charge is -2.28. The second-order valence-electron chi connectivity index (χ2n) is 10.4. The maximum absolute atomic E-state index is 8.89. The van der Waals surface area contributed by atoms with Gasteiger partial charge in [-0.15, -0.1) is 23.5 Å². The predicted molar refractivity (Wildman–Crippen MR) is 134 cm³/mol. The summed E-state index contributed by atoms with van der Waals surface area (Å²) in [6.07, 6.45) is 5.08. The maximum atomic E-state index is 8.89. The summed E-state index contributed by atoms with van der Waals surface area (Å²) in [5.74, 6) is 3.51. The fourth-order valence-corrected chi connectivity index (χ4v) is 6.95. The number of rotatable bonds is 3. The van der Waals surface area contributed by atoms with Gasteiger partial charge in [0.2, 0.25) is 11.4 Å². The van der Waals surface area contributed by atoms with Crippen molar-refractivity contribution in [3.63, 3.8) is 0 Å². The molecular weight excluding hydrogens is 468 g/mol. The Morgan fingerprint density at radius 2 is 1.21 bits per heavy atom. The molecule has 8 nitrogen and oxygen atoms in total. The number of furan rings is 2. The summed E-state index contributed by atoms with van der Waals surface area (Å²) < 4.78 is 15.9. The predicted octanol–water partition coefficient (Wildman–Crippen LogP) is 4.37. The normalized spacial score (nSPS) is 18.8. The van der Waals surface area contributed by atoms with Crippen LogP contribution in [0, 0.1) is 10.8 Å². The average molecular weight is 497 g/mol. The Morgan fingerprint density at radius 1 is 0.794 bits per heavy atom. The van der Waals surface area contributed by atoms with Crippen molar-refractivity contribution in [3.05, 3.63) is 46.3 Å². The first-order chi connectivity index (χ1) is 16.1. The summed E-state index contributed by atoms with van der Waals surface area (Å²) in [6.45, 7) is 9.97. The fourth-order valence-electron chi connectivity index (χ4n) is 4.95. The van der Waals surface area contributed by atoms with Gasteiger partial charge in [0.15, 0.2) is 0 Å². The molecule has 0 atom stereocenters. The Morgan fingerprint density at radius 3 is 1.62 bits per heavy atom. The number of nitrogens with one attached hydrogen (secondary N) is 2. The Labute approximate surface area is 205 Å². The molecule has 10 heteroatoms. The second-order valence-corrected chi connectivity index (χ2v) is 13.8. The SMILES string of the molecule is CC1(C)Cc2c(oc3ncn(CCn4cnc5oc6c(c5c4=N)CC(C)(C)SC6)c(=N)c23)CS1. The zero-order valence-corrected chi connectivity index (χ0v) is 21.5. The lowest BCUT2D eigenvalue weighted by atomic mass is 9.99. The standard InChI is InChI=1S/C24H28N6O2S2/c1-23(2)7-13-15(9-33-23)31-21-17(13)19(25)29(11-27-21)5-6-30-12-28-22-18(20(30)26)14-8-24(3,4)34-10-16(14)32-22/h11-12,25-26H,5-10H2,1-4H3. The highest BCUT2D eigenvalue weighted by molar-refractivity contribution is 8.00. The van der Waals surface area contributed by atoms with Gasteiger partial charge in [0.1, 0.15) is 35.2 Å². The van der Waals surface area contributed by atoms with Gasteiger partial charge >= 0.3 is 0 Å². The van der Waals surface area contributed by atoms with Crippen LogP contribution in [0.1, 0.15) is 50.3 Å². The molecule has 4 aromatic rings. The third kappa shape index (κ3) is 3.53.